The van der Waals surface area contributed by atoms with Gasteiger partial charge in [0.1, 0.15) is 5.75 Å². The molecule has 0 radical (unpaired) electrons. The minimum atomic E-state index is -3.22. The van der Waals surface area contributed by atoms with Crippen LogP contribution in [0.4, 0.5) is 0 Å². The maximum Gasteiger partial charge on any atom is 0.261 e. The van der Waals surface area contributed by atoms with E-state index >= 15 is 0 Å². The van der Waals surface area contributed by atoms with Crippen molar-refractivity contribution in [3.05, 3.63) is 58.1 Å². The third kappa shape index (κ3) is 5.57. The van der Waals surface area contributed by atoms with Gasteiger partial charge in [-0.05, 0) is 65.2 Å². The van der Waals surface area contributed by atoms with Crippen molar-refractivity contribution in [3.8, 4) is 5.75 Å². The second-order valence-corrected chi connectivity index (χ2v) is 8.70. The third-order valence-corrected chi connectivity index (χ3v) is 5.33. The van der Waals surface area contributed by atoms with Gasteiger partial charge in [0, 0.05) is 12.8 Å². The van der Waals surface area contributed by atoms with Crippen LogP contribution in [0.2, 0.25) is 0 Å². The molecule has 0 fully saturated rings. The SMILES string of the molecule is Cc1ccc(OC(C)C(=O)NCc2ccc(S(C)(=O)=O)cc2)c(Br)c1. The van der Waals surface area contributed by atoms with Crippen LogP contribution in [-0.4, -0.2) is 26.7 Å². The van der Waals surface area contributed by atoms with Crippen LogP contribution < -0.4 is 10.1 Å². The number of amides is 1. The molecule has 0 aliphatic carbocycles. The first-order valence-electron chi connectivity index (χ1n) is 7.66. The van der Waals surface area contributed by atoms with Crippen molar-refractivity contribution in [1.82, 2.24) is 5.32 Å². The average Bonchev–Trinajstić information content (AvgIpc) is 2.54. The lowest BCUT2D eigenvalue weighted by Gasteiger charge is -2.16. The van der Waals surface area contributed by atoms with Gasteiger partial charge in [-0.25, -0.2) is 8.42 Å². The number of ether oxygens (including phenoxy) is 1. The van der Waals surface area contributed by atoms with E-state index in [0.29, 0.717) is 12.3 Å². The molecule has 0 bridgehead atoms. The molecule has 7 heteroatoms. The predicted octanol–water partition coefficient (Wildman–Crippen LogP) is 3.24. The standard InChI is InChI=1S/C18H20BrNO4S/c1-12-4-9-17(16(19)10-12)24-13(2)18(21)20-11-14-5-7-15(8-6-14)25(3,22)23/h4-10,13H,11H2,1-3H3,(H,20,21). The molecule has 2 aromatic rings. The molecule has 0 aliphatic rings. The van der Waals surface area contributed by atoms with Crippen LogP contribution in [0.5, 0.6) is 5.75 Å². The Balaban J connectivity index is 1.93. The minimum absolute atomic E-state index is 0.250. The van der Waals surface area contributed by atoms with Gasteiger partial charge in [0.15, 0.2) is 15.9 Å². The molecule has 1 amide bonds. The van der Waals surface area contributed by atoms with Crippen molar-refractivity contribution in [2.75, 3.05) is 6.26 Å². The second kappa shape index (κ2) is 8.01. The van der Waals surface area contributed by atoms with Gasteiger partial charge in [-0.2, -0.15) is 0 Å². The first kappa shape index (κ1) is 19.5. The summed E-state index contributed by atoms with van der Waals surface area (Å²) in [6.07, 6.45) is 0.501. The van der Waals surface area contributed by atoms with Gasteiger partial charge in [0.2, 0.25) is 0 Å². The van der Waals surface area contributed by atoms with Gasteiger partial charge in [-0.1, -0.05) is 18.2 Å². The van der Waals surface area contributed by atoms with Gasteiger partial charge < -0.3 is 10.1 Å². The van der Waals surface area contributed by atoms with E-state index in [9.17, 15) is 13.2 Å². The molecule has 0 saturated carbocycles. The lowest BCUT2D eigenvalue weighted by atomic mass is 10.2. The highest BCUT2D eigenvalue weighted by molar-refractivity contribution is 9.10. The molecule has 0 saturated heterocycles. The highest BCUT2D eigenvalue weighted by atomic mass is 79.9. The third-order valence-electron chi connectivity index (χ3n) is 3.58. The van der Waals surface area contributed by atoms with Crippen LogP contribution in [-0.2, 0) is 21.2 Å². The summed E-state index contributed by atoms with van der Waals surface area (Å²) in [6, 6.07) is 12.1. The molecule has 134 valence electrons. The van der Waals surface area contributed by atoms with Gasteiger partial charge >= 0.3 is 0 Å². The first-order valence-corrected chi connectivity index (χ1v) is 10.3. The van der Waals surface area contributed by atoms with Gasteiger partial charge in [-0.3, -0.25) is 4.79 Å². The summed E-state index contributed by atoms with van der Waals surface area (Å²) in [4.78, 5) is 12.4. The van der Waals surface area contributed by atoms with Gasteiger partial charge in [-0.15, -0.1) is 0 Å². The number of sulfone groups is 1. The molecule has 0 aromatic heterocycles. The minimum Gasteiger partial charge on any atom is -0.480 e. The van der Waals surface area contributed by atoms with Crippen molar-refractivity contribution in [2.24, 2.45) is 0 Å². The molecule has 0 aliphatic heterocycles. The van der Waals surface area contributed by atoms with Crippen LogP contribution >= 0.6 is 15.9 Å². The molecule has 1 unspecified atom stereocenters. The molecule has 0 spiro atoms. The fourth-order valence-corrected chi connectivity index (χ4v) is 3.35. The van der Waals surface area contributed by atoms with E-state index in [1.165, 1.54) is 12.1 Å². The van der Waals surface area contributed by atoms with E-state index < -0.39 is 15.9 Å². The Bertz CT molecular complexity index is 863. The van der Waals surface area contributed by atoms with E-state index in [2.05, 4.69) is 21.2 Å². The Morgan fingerprint density at radius 2 is 1.84 bits per heavy atom. The van der Waals surface area contributed by atoms with Crippen LogP contribution in [0.25, 0.3) is 0 Å². The fraction of sp³-hybridized carbons (Fsp3) is 0.278. The van der Waals surface area contributed by atoms with Crippen molar-refractivity contribution in [2.45, 2.75) is 31.4 Å². The Labute approximate surface area is 156 Å². The van der Waals surface area contributed by atoms with E-state index in [0.717, 1.165) is 21.9 Å². The number of hydrogen-bond acceptors (Lipinski definition) is 4. The van der Waals surface area contributed by atoms with Crippen molar-refractivity contribution in [1.29, 1.82) is 0 Å². The molecule has 2 rings (SSSR count). The lowest BCUT2D eigenvalue weighted by Crippen LogP contribution is -2.35. The van der Waals surface area contributed by atoms with E-state index in [1.807, 2.05) is 25.1 Å². The second-order valence-electron chi connectivity index (χ2n) is 5.83. The number of carbonyl (C=O) groups is 1. The van der Waals surface area contributed by atoms with Crippen LogP contribution in [0.3, 0.4) is 0 Å². The fourth-order valence-electron chi connectivity index (χ4n) is 2.13. The summed E-state index contributed by atoms with van der Waals surface area (Å²) in [6.45, 7) is 3.94. The molecule has 2 aromatic carbocycles. The topological polar surface area (TPSA) is 72.5 Å². The summed E-state index contributed by atoms with van der Waals surface area (Å²) in [7, 11) is -3.22. The number of rotatable bonds is 6. The average molecular weight is 426 g/mol. The summed E-state index contributed by atoms with van der Waals surface area (Å²) in [5, 5.41) is 2.78. The molecule has 0 heterocycles. The number of hydrogen-bond donors (Lipinski definition) is 1. The quantitative estimate of drug-likeness (QED) is 0.770. The largest absolute Gasteiger partial charge is 0.480 e. The Morgan fingerprint density at radius 1 is 1.20 bits per heavy atom. The molecule has 25 heavy (non-hydrogen) atoms. The zero-order chi connectivity index (χ0) is 18.6. The van der Waals surface area contributed by atoms with Gasteiger partial charge in [0.05, 0.1) is 9.37 Å². The van der Waals surface area contributed by atoms with Crippen molar-refractivity contribution in [3.63, 3.8) is 0 Å². The zero-order valence-electron chi connectivity index (χ0n) is 14.2. The number of benzene rings is 2. The molecule has 1 N–H and O–H groups in total. The maximum absolute atomic E-state index is 12.2. The number of aryl methyl sites for hydroxylation is 1. The van der Waals surface area contributed by atoms with Crippen LogP contribution in [0.1, 0.15) is 18.1 Å². The number of carbonyl (C=O) groups excluding carboxylic acids is 1. The summed E-state index contributed by atoms with van der Waals surface area (Å²) in [5.74, 6) is 0.352. The van der Waals surface area contributed by atoms with Crippen LogP contribution in [0, 0.1) is 6.92 Å². The van der Waals surface area contributed by atoms with E-state index in [4.69, 9.17) is 4.74 Å². The number of halogens is 1. The summed E-state index contributed by atoms with van der Waals surface area (Å²) in [5.41, 5.74) is 1.90. The van der Waals surface area contributed by atoms with E-state index in [-0.39, 0.29) is 10.8 Å². The Hall–Kier alpha value is -1.86. The summed E-state index contributed by atoms with van der Waals surface area (Å²) < 4.78 is 29.3. The highest BCUT2D eigenvalue weighted by Crippen LogP contribution is 2.26. The Kier molecular flexibility index (Phi) is 6.24. The maximum atomic E-state index is 12.2. The molecular formula is C18H20BrNO4S. The highest BCUT2D eigenvalue weighted by Gasteiger charge is 2.16. The Morgan fingerprint density at radius 3 is 2.40 bits per heavy atom. The molecule has 5 nitrogen and oxygen atoms in total. The van der Waals surface area contributed by atoms with Crippen LogP contribution in [0.15, 0.2) is 51.8 Å². The molecular weight excluding hydrogens is 406 g/mol. The van der Waals surface area contributed by atoms with E-state index in [1.54, 1.807) is 19.1 Å². The first-order chi connectivity index (χ1) is 11.7. The smallest absolute Gasteiger partial charge is 0.261 e. The predicted molar refractivity (Wildman–Crippen MR) is 100 cm³/mol. The summed E-state index contributed by atoms with van der Waals surface area (Å²) >= 11 is 3.42. The molecule has 1 atom stereocenters. The normalized spacial score (nSPS) is 12.5. The van der Waals surface area contributed by atoms with Crippen molar-refractivity contribution < 1.29 is 17.9 Å². The van der Waals surface area contributed by atoms with Crippen molar-refractivity contribution >= 4 is 31.7 Å². The lowest BCUT2D eigenvalue weighted by molar-refractivity contribution is -0.127. The van der Waals surface area contributed by atoms with Gasteiger partial charge in [0.25, 0.3) is 5.91 Å². The number of nitrogens with one attached hydrogen (secondary N) is 1. The zero-order valence-corrected chi connectivity index (χ0v) is 16.6. The monoisotopic (exact) mass is 425 g/mol.